The van der Waals surface area contributed by atoms with E-state index >= 15 is 0 Å². The minimum Gasteiger partial charge on any atom is -0.481 e. The number of hydrogen-bond donors (Lipinski definition) is 7. The van der Waals surface area contributed by atoms with Crippen LogP contribution in [0.15, 0.2) is 11.1 Å². The van der Waals surface area contributed by atoms with Gasteiger partial charge in [-0.25, -0.2) is 0 Å². The Morgan fingerprint density at radius 1 is 0.959 bits per heavy atom. The predicted molar refractivity (Wildman–Crippen MR) is 182 cm³/mol. The molecule has 280 valence electrons. The molecule has 1 aliphatic heterocycles. The second-order valence-electron chi connectivity index (χ2n) is 17.4. The summed E-state index contributed by atoms with van der Waals surface area (Å²) in [6.07, 6.45) is -1.28. The SMILES string of the molecule is CC(=O)N[C@H]1[C@H](O[C@H]2CC[C@]3(C)C4=C(CC[C@H]3[C@@]2(C)C(=O)O)[C@@H]2CC[C@H]([C@H](C)[C@H](O)[C@H](O)[C@@H](C)C(C)C)[C@@]2(C)CC4)O[C@H](CO)[C@@H](O)[C@@H]1O. The van der Waals surface area contributed by atoms with Crippen molar-refractivity contribution in [2.24, 2.45) is 51.8 Å². The largest absolute Gasteiger partial charge is 0.481 e. The second kappa shape index (κ2) is 14.1. The normalized spacial score (nSPS) is 44.7. The highest BCUT2D eigenvalue weighted by Crippen LogP contribution is 2.68. The van der Waals surface area contributed by atoms with E-state index in [4.69, 9.17) is 9.47 Å². The molecule has 1 heterocycles. The quantitative estimate of drug-likeness (QED) is 0.167. The van der Waals surface area contributed by atoms with Gasteiger partial charge in [-0.3, -0.25) is 9.59 Å². The average molecular weight is 694 g/mol. The Labute approximate surface area is 291 Å². The molecule has 2 saturated carbocycles. The van der Waals surface area contributed by atoms with Crippen LogP contribution >= 0.6 is 0 Å². The van der Waals surface area contributed by atoms with Crippen molar-refractivity contribution in [1.82, 2.24) is 5.32 Å². The lowest BCUT2D eigenvalue weighted by Gasteiger charge is -2.60. The number of fused-ring (bicyclic) bond motifs is 4. The number of carbonyl (C=O) groups is 2. The number of allylic oxidation sites excluding steroid dienone is 2. The fraction of sp³-hybridized carbons (Fsp3) is 0.895. The Balaban J connectivity index is 1.41. The molecule has 0 spiro atoms. The molecular weight excluding hydrogens is 630 g/mol. The summed E-state index contributed by atoms with van der Waals surface area (Å²) in [5, 5.41) is 67.1. The van der Waals surface area contributed by atoms with Gasteiger partial charge in [-0.2, -0.15) is 0 Å². The van der Waals surface area contributed by atoms with Gasteiger partial charge < -0.3 is 45.4 Å². The first-order valence-corrected chi connectivity index (χ1v) is 18.7. The van der Waals surface area contributed by atoms with Crippen LogP contribution in [0, 0.1) is 51.8 Å². The van der Waals surface area contributed by atoms with Gasteiger partial charge in [-0.15, -0.1) is 0 Å². The Morgan fingerprint density at radius 2 is 1.63 bits per heavy atom. The van der Waals surface area contributed by atoms with Crippen molar-refractivity contribution in [1.29, 1.82) is 0 Å². The number of carbonyl (C=O) groups excluding carboxylic acids is 1. The fourth-order valence-electron chi connectivity index (χ4n) is 11.4. The lowest BCUT2D eigenvalue weighted by Crippen LogP contribution is -2.66. The molecule has 49 heavy (non-hydrogen) atoms. The van der Waals surface area contributed by atoms with Gasteiger partial charge in [-0.05, 0) is 105 Å². The third-order valence-corrected chi connectivity index (χ3v) is 14.7. The molecule has 0 radical (unpaired) electrons. The zero-order valence-corrected chi connectivity index (χ0v) is 30.8. The highest BCUT2D eigenvalue weighted by molar-refractivity contribution is 5.76. The van der Waals surface area contributed by atoms with E-state index in [2.05, 4.69) is 39.9 Å². The Morgan fingerprint density at radius 3 is 2.22 bits per heavy atom. The van der Waals surface area contributed by atoms with Crippen molar-refractivity contribution in [3.05, 3.63) is 11.1 Å². The van der Waals surface area contributed by atoms with Crippen LogP contribution in [0.25, 0.3) is 0 Å². The van der Waals surface area contributed by atoms with E-state index in [1.54, 1.807) is 6.92 Å². The molecule has 3 fully saturated rings. The lowest BCUT2D eigenvalue weighted by atomic mass is 9.45. The van der Waals surface area contributed by atoms with Crippen molar-refractivity contribution in [3.8, 4) is 0 Å². The maximum Gasteiger partial charge on any atom is 0.312 e. The second-order valence-corrected chi connectivity index (χ2v) is 17.4. The van der Waals surface area contributed by atoms with Crippen LogP contribution in [0.1, 0.15) is 107 Å². The first-order valence-electron chi connectivity index (χ1n) is 18.7. The first-order chi connectivity index (χ1) is 22.8. The fourth-order valence-corrected chi connectivity index (χ4v) is 11.4. The van der Waals surface area contributed by atoms with E-state index in [0.717, 1.165) is 32.1 Å². The smallest absolute Gasteiger partial charge is 0.312 e. The summed E-state index contributed by atoms with van der Waals surface area (Å²) in [5.41, 5.74) is 1.19. The van der Waals surface area contributed by atoms with Crippen molar-refractivity contribution in [2.75, 3.05) is 6.61 Å². The van der Waals surface area contributed by atoms with Gasteiger partial charge in [0, 0.05) is 6.92 Å². The summed E-state index contributed by atoms with van der Waals surface area (Å²) in [4.78, 5) is 25.4. The number of hydrogen-bond acceptors (Lipinski definition) is 9. The third-order valence-electron chi connectivity index (χ3n) is 14.7. The van der Waals surface area contributed by atoms with E-state index in [-0.39, 0.29) is 40.4 Å². The molecule has 5 rings (SSSR count). The van der Waals surface area contributed by atoms with Crippen molar-refractivity contribution in [3.63, 3.8) is 0 Å². The van der Waals surface area contributed by atoms with Crippen LogP contribution in [0.4, 0.5) is 0 Å². The first kappa shape index (κ1) is 38.6. The third kappa shape index (κ3) is 6.31. The molecular formula is C38H63NO10. The molecule has 16 atom stereocenters. The molecule has 1 amide bonds. The molecule has 0 bridgehead atoms. The zero-order valence-electron chi connectivity index (χ0n) is 30.8. The summed E-state index contributed by atoms with van der Waals surface area (Å²) in [6.45, 7) is 15.3. The molecule has 7 N–H and O–H groups in total. The van der Waals surface area contributed by atoms with Crippen molar-refractivity contribution >= 4 is 11.9 Å². The highest BCUT2D eigenvalue weighted by atomic mass is 16.7. The monoisotopic (exact) mass is 693 g/mol. The van der Waals surface area contributed by atoms with Crippen LogP contribution in [0.5, 0.6) is 0 Å². The molecule has 1 saturated heterocycles. The molecule has 5 aliphatic rings. The maximum atomic E-state index is 13.4. The van der Waals surface area contributed by atoms with E-state index in [0.29, 0.717) is 25.2 Å². The van der Waals surface area contributed by atoms with E-state index < -0.39 is 72.9 Å². The van der Waals surface area contributed by atoms with Gasteiger partial charge in [0.2, 0.25) is 5.91 Å². The standard InChI is InChI=1S/C38H63NO10/c1-18(2)19(3)30(42)31(43)20(4)23-10-11-24-22-9-12-27-37(7,25(22)13-15-36(23,24)6)16-14-28(38(27,8)35(46)47)49-34-29(39-21(5)41)33(45)32(44)26(17-40)48-34/h18-20,23-24,26-34,40,42-45H,9-17H2,1-8H3,(H,39,41)(H,46,47)/t19-,20-,23+,24-,26+,27+,28-,29+,30+,31-,32+,33+,34-,36+,37+,38+/m0/s1. The molecule has 11 heteroatoms. The minimum absolute atomic E-state index is 0.00488. The number of rotatable bonds is 10. The van der Waals surface area contributed by atoms with E-state index in [1.165, 1.54) is 18.1 Å². The Kier molecular flexibility index (Phi) is 11.1. The number of ether oxygens (including phenoxy) is 2. The molecule has 4 aliphatic carbocycles. The van der Waals surface area contributed by atoms with Crippen LogP contribution < -0.4 is 5.32 Å². The minimum atomic E-state index is -1.48. The summed E-state index contributed by atoms with van der Waals surface area (Å²) in [5.74, 6) is -0.826. The summed E-state index contributed by atoms with van der Waals surface area (Å²) in [7, 11) is 0. The lowest BCUT2D eigenvalue weighted by molar-refractivity contribution is -0.300. The number of aliphatic hydroxyl groups excluding tert-OH is 5. The average Bonchev–Trinajstić information content (AvgIpc) is 3.41. The van der Waals surface area contributed by atoms with E-state index in [9.17, 15) is 40.2 Å². The van der Waals surface area contributed by atoms with Gasteiger partial charge >= 0.3 is 5.97 Å². The van der Waals surface area contributed by atoms with E-state index in [1.807, 2.05) is 6.92 Å². The van der Waals surface area contributed by atoms with Gasteiger partial charge in [0.25, 0.3) is 0 Å². The number of aliphatic carboxylic acids is 1. The molecule has 0 aromatic carbocycles. The topological polar surface area (TPSA) is 186 Å². The Bertz CT molecular complexity index is 1270. The summed E-state index contributed by atoms with van der Waals surface area (Å²) < 4.78 is 12.3. The zero-order chi connectivity index (χ0) is 36.4. The van der Waals surface area contributed by atoms with Crippen molar-refractivity contribution < 1.29 is 49.7 Å². The molecule has 0 unspecified atom stereocenters. The number of amides is 1. The molecule has 0 aromatic rings. The number of aliphatic hydroxyl groups is 5. The molecule has 11 nitrogen and oxygen atoms in total. The Hall–Kier alpha value is -1.60. The van der Waals surface area contributed by atoms with Crippen LogP contribution in [0.3, 0.4) is 0 Å². The maximum absolute atomic E-state index is 13.4. The number of carboxylic acid groups (broad SMARTS) is 1. The van der Waals surface area contributed by atoms with Crippen LogP contribution in [-0.2, 0) is 19.1 Å². The molecule has 0 aromatic heterocycles. The van der Waals surface area contributed by atoms with Gasteiger partial charge in [0.05, 0.1) is 30.3 Å². The van der Waals surface area contributed by atoms with Gasteiger partial charge in [-0.1, -0.05) is 52.7 Å². The van der Waals surface area contributed by atoms with Crippen LogP contribution in [-0.4, -0.2) is 98.1 Å². The van der Waals surface area contributed by atoms with Crippen molar-refractivity contribution in [2.45, 2.75) is 156 Å². The van der Waals surface area contributed by atoms with Gasteiger partial charge in [0.1, 0.15) is 24.4 Å². The predicted octanol–water partition coefficient (Wildman–Crippen LogP) is 3.39. The summed E-state index contributed by atoms with van der Waals surface area (Å²) in [6, 6.07) is -1.15. The summed E-state index contributed by atoms with van der Waals surface area (Å²) >= 11 is 0. The van der Waals surface area contributed by atoms with Crippen LogP contribution in [0.2, 0.25) is 0 Å². The highest BCUT2D eigenvalue weighted by Gasteiger charge is 2.64. The number of nitrogens with one attached hydrogen (secondary N) is 1. The van der Waals surface area contributed by atoms with Gasteiger partial charge in [0.15, 0.2) is 6.29 Å². The number of carboxylic acids is 1.